The molecule has 0 unspecified atom stereocenters. The fourth-order valence-electron chi connectivity index (χ4n) is 2.52. The summed E-state index contributed by atoms with van der Waals surface area (Å²) in [6.45, 7) is 0. The molecule has 0 bridgehead atoms. The summed E-state index contributed by atoms with van der Waals surface area (Å²) in [5, 5.41) is 0. The zero-order chi connectivity index (χ0) is 15.1. The Bertz CT molecular complexity index is 955. The van der Waals surface area contributed by atoms with Crippen LogP contribution in [0.15, 0.2) is 49.1 Å². The van der Waals surface area contributed by atoms with Crippen LogP contribution in [0.25, 0.3) is 32.0 Å². The molecule has 0 spiro atoms. The van der Waals surface area contributed by atoms with E-state index in [9.17, 15) is 0 Å². The maximum atomic E-state index is 5.95. The Morgan fingerprint density at radius 3 is 2.68 bits per heavy atom. The molecule has 0 fully saturated rings. The van der Waals surface area contributed by atoms with Crippen molar-refractivity contribution in [3.63, 3.8) is 0 Å². The third kappa shape index (κ3) is 1.96. The van der Waals surface area contributed by atoms with Gasteiger partial charge in [0.05, 0.1) is 32.8 Å². The maximum Gasteiger partial charge on any atom is 0.144 e. The Kier molecular flexibility index (Phi) is 2.90. The van der Waals surface area contributed by atoms with Gasteiger partial charge in [-0.15, -0.1) is 11.3 Å². The molecule has 5 nitrogen and oxygen atoms in total. The SMILES string of the molecule is Cn1cnc(-c2ccccc2)c1-c1cc2ncnc(N)c2s1. The highest BCUT2D eigenvalue weighted by atomic mass is 32.1. The van der Waals surface area contributed by atoms with Crippen molar-refractivity contribution in [2.45, 2.75) is 0 Å². The maximum absolute atomic E-state index is 5.95. The fourth-order valence-corrected chi connectivity index (χ4v) is 3.62. The molecule has 0 atom stereocenters. The van der Waals surface area contributed by atoms with Gasteiger partial charge in [0.25, 0.3) is 0 Å². The van der Waals surface area contributed by atoms with E-state index in [2.05, 4.69) is 27.1 Å². The predicted molar refractivity (Wildman–Crippen MR) is 89.5 cm³/mol. The van der Waals surface area contributed by atoms with Crippen LogP contribution in [0.5, 0.6) is 0 Å². The summed E-state index contributed by atoms with van der Waals surface area (Å²) < 4.78 is 2.94. The van der Waals surface area contributed by atoms with E-state index < -0.39 is 0 Å². The minimum Gasteiger partial charge on any atom is -0.382 e. The lowest BCUT2D eigenvalue weighted by molar-refractivity contribution is 0.923. The van der Waals surface area contributed by atoms with Crippen LogP contribution in [-0.4, -0.2) is 19.5 Å². The number of hydrogen-bond acceptors (Lipinski definition) is 5. The number of fused-ring (bicyclic) bond motifs is 1. The number of thiophene rings is 1. The highest BCUT2D eigenvalue weighted by Crippen LogP contribution is 2.38. The molecule has 0 aliphatic carbocycles. The molecule has 0 aliphatic heterocycles. The van der Waals surface area contributed by atoms with Gasteiger partial charge in [-0.3, -0.25) is 0 Å². The molecule has 1 aromatic carbocycles. The topological polar surface area (TPSA) is 69.6 Å². The molecule has 4 aromatic rings. The number of anilines is 1. The van der Waals surface area contributed by atoms with Crippen LogP contribution in [0.2, 0.25) is 0 Å². The molecule has 0 saturated heterocycles. The number of benzene rings is 1. The minimum absolute atomic E-state index is 0.518. The molecule has 6 heteroatoms. The molecule has 3 aromatic heterocycles. The lowest BCUT2D eigenvalue weighted by atomic mass is 10.1. The van der Waals surface area contributed by atoms with E-state index in [1.54, 1.807) is 11.3 Å². The van der Waals surface area contributed by atoms with E-state index in [0.29, 0.717) is 5.82 Å². The van der Waals surface area contributed by atoms with Gasteiger partial charge in [-0.25, -0.2) is 15.0 Å². The molecular formula is C16H13N5S. The highest BCUT2D eigenvalue weighted by Gasteiger charge is 2.16. The second-order valence-electron chi connectivity index (χ2n) is 5.00. The van der Waals surface area contributed by atoms with Crippen molar-refractivity contribution in [2.24, 2.45) is 7.05 Å². The van der Waals surface area contributed by atoms with Gasteiger partial charge in [0.15, 0.2) is 0 Å². The molecule has 0 saturated carbocycles. The van der Waals surface area contributed by atoms with Crippen molar-refractivity contribution in [1.82, 2.24) is 19.5 Å². The number of aromatic nitrogens is 4. The molecule has 2 N–H and O–H groups in total. The summed E-state index contributed by atoms with van der Waals surface area (Å²) in [6.07, 6.45) is 3.33. The number of imidazole rings is 1. The van der Waals surface area contributed by atoms with Crippen molar-refractivity contribution in [1.29, 1.82) is 0 Å². The Labute approximate surface area is 131 Å². The highest BCUT2D eigenvalue weighted by molar-refractivity contribution is 7.22. The lowest BCUT2D eigenvalue weighted by Gasteiger charge is -2.03. The van der Waals surface area contributed by atoms with Crippen LogP contribution in [0, 0.1) is 0 Å². The predicted octanol–water partition coefficient (Wildman–Crippen LogP) is 3.34. The first-order valence-corrected chi connectivity index (χ1v) is 7.63. The second kappa shape index (κ2) is 4.92. The second-order valence-corrected chi connectivity index (χ2v) is 6.05. The Balaban J connectivity index is 1.95. The zero-order valence-electron chi connectivity index (χ0n) is 11.9. The van der Waals surface area contributed by atoms with Crippen LogP contribution in [0.4, 0.5) is 5.82 Å². The lowest BCUT2D eigenvalue weighted by Crippen LogP contribution is -1.89. The van der Waals surface area contributed by atoms with Gasteiger partial charge in [0, 0.05) is 12.6 Å². The smallest absolute Gasteiger partial charge is 0.144 e. The quantitative estimate of drug-likeness (QED) is 0.616. The van der Waals surface area contributed by atoms with E-state index in [1.807, 2.05) is 42.2 Å². The molecule has 0 amide bonds. The standard InChI is InChI=1S/C16H13N5S/c1-21-9-20-13(10-5-3-2-4-6-10)14(21)12-7-11-15(22-12)16(17)19-8-18-11/h2-9H,1H3,(H2,17,18,19). The third-order valence-corrected chi connectivity index (χ3v) is 4.71. The van der Waals surface area contributed by atoms with Crippen molar-refractivity contribution in [3.8, 4) is 21.8 Å². The normalized spacial score (nSPS) is 11.1. The van der Waals surface area contributed by atoms with Gasteiger partial charge in [0.1, 0.15) is 12.1 Å². The van der Waals surface area contributed by atoms with Crippen molar-refractivity contribution in [2.75, 3.05) is 5.73 Å². The van der Waals surface area contributed by atoms with Gasteiger partial charge < -0.3 is 10.3 Å². The fraction of sp³-hybridized carbons (Fsp3) is 0.0625. The van der Waals surface area contributed by atoms with E-state index >= 15 is 0 Å². The monoisotopic (exact) mass is 307 g/mol. The summed E-state index contributed by atoms with van der Waals surface area (Å²) >= 11 is 1.59. The largest absolute Gasteiger partial charge is 0.382 e. The van der Waals surface area contributed by atoms with E-state index in [0.717, 1.165) is 32.0 Å². The van der Waals surface area contributed by atoms with Crippen LogP contribution in [0.1, 0.15) is 0 Å². The number of rotatable bonds is 2. The number of nitrogen functional groups attached to an aromatic ring is 1. The first kappa shape index (κ1) is 13.0. The first-order valence-electron chi connectivity index (χ1n) is 6.81. The molecular weight excluding hydrogens is 294 g/mol. The molecule has 0 radical (unpaired) electrons. The molecule has 108 valence electrons. The number of hydrogen-bond donors (Lipinski definition) is 1. The average molecular weight is 307 g/mol. The van der Waals surface area contributed by atoms with E-state index in [4.69, 9.17) is 5.73 Å². The molecule has 22 heavy (non-hydrogen) atoms. The van der Waals surface area contributed by atoms with Crippen molar-refractivity contribution >= 4 is 27.4 Å². The molecule has 4 rings (SSSR count). The zero-order valence-corrected chi connectivity index (χ0v) is 12.7. The Hall–Kier alpha value is -2.73. The van der Waals surface area contributed by atoms with Crippen LogP contribution in [0.3, 0.4) is 0 Å². The Morgan fingerprint density at radius 1 is 1.09 bits per heavy atom. The summed E-state index contributed by atoms with van der Waals surface area (Å²) in [4.78, 5) is 14.0. The van der Waals surface area contributed by atoms with Crippen LogP contribution >= 0.6 is 11.3 Å². The summed E-state index contributed by atoms with van der Waals surface area (Å²) in [6, 6.07) is 12.2. The Morgan fingerprint density at radius 2 is 1.91 bits per heavy atom. The minimum atomic E-state index is 0.518. The number of nitrogens with two attached hydrogens (primary N) is 1. The molecule has 3 heterocycles. The van der Waals surface area contributed by atoms with Gasteiger partial charge in [-0.05, 0) is 6.07 Å². The first-order chi connectivity index (χ1) is 10.7. The van der Waals surface area contributed by atoms with Gasteiger partial charge in [-0.2, -0.15) is 0 Å². The van der Waals surface area contributed by atoms with Crippen molar-refractivity contribution in [3.05, 3.63) is 49.1 Å². The van der Waals surface area contributed by atoms with E-state index in [-0.39, 0.29) is 0 Å². The van der Waals surface area contributed by atoms with Crippen LogP contribution in [-0.2, 0) is 7.05 Å². The third-order valence-electron chi connectivity index (χ3n) is 3.56. The van der Waals surface area contributed by atoms with Gasteiger partial charge >= 0.3 is 0 Å². The number of nitrogens with zero attached hydrogens (tertiary/aromatic N) is 4. The van der Waals surface area contributed by atoms with Crippen LogP contribution < -0.4 is 5.73 Å². The molecule has 0 aliphatic rings. The number of aryl methyl sites for hydroxylation is 1. The summed E-state index contributed by atoms with van der Waals surface area (Å²) in [5.41, 5.74) is 9.93. The summed E-state index contributed by atoms with van der Waals surface area (Å²) in [7, 11) is 1.99. The van der Waals surface area contributed by atoms with Gasteiger partial charge in [0.2, 0.25) is 0 Å². The summed E-state index contributed by atoms with van der Waals surface area (Å²) in [5.74, 6) is 0.518. The van der Waals surface area contributed by atoms with E-state index in [1.165, 1.54) is 6.33 Å². The van der Waals surface area contributed by atoms with Crippen molar-refractivity contribution < 1.29 is 0 Å². The average Bonchev–Trinajstić information content (AvgIpc) is 3.12. The van der Waals surface area contributed by atoms with Gasteiger partial charge in [-0.1, -0.05) is 30.3 Å².